The van der Waals surface area contributed by atoms with Crippen LogP contribution in [-0.4, -0.2) is 34.4 Å². The van der Waals surface area contributed by atoms with Gasteiger partial charge in [-0.1, -0.05) is 6.92 Å². The molecule has 0 radical (unpaired) electrons. The second kappa shape index (κ2) is 7.74. The predicted molar refractivity (Wildman–Crippen MR) is 71.9 cm³/mol. The average molecular weight is 241 g/mol. The van der Waals surface area contributed by atoms with Crippen LogP contribution in [0.3, 0.4) is 0 Å². The van der Waals surface area contributed by atoms with E-state index in [1.807, 2.05) is 34.9 Å². The van der Waals surface area contributed by atoms with Crippen LogP contribution in [0.2, 0.25) is 0 Å². The van der Waals surface area contributed by atoms with Crippen molar-refractivity contribution in [3.63, 3.8) is 0 Å². The quantitative estimate of drug-likeness (QED) is 0.757. The molecular formula is C12H23N3S. The van der Waals surface area contributed by atoms with Crippen molar-refractivity contribution in [2.45, 2.75) is 32.9 Å². The summed E-state index contributed by atoms with van der Waals surface area (Å²) in [5, 5.41) is 7.77. The summed E-state index contributed by atoms with van der Waals surface area (Å²) in [6, 6.07) is 2.53. The molecule has 0 fully saturated rings. The number of hydrogen-bond acceptors (Lipinski definition) is 3. The zero-order chi connectivity index (χ0) is 11.8. The van der Waals surface area contributed by atoms with Crippen LogP contribution in [0.1, 0.15) is 20.3 Å². The van der Waals surface area contributed by atoms with Gasteiger partial charge < -0.3 is 5.32 Å². The van der Waals surface area contributed by atoms with Crippen molar-refractivity contribution < 1.29 is 0 Å². The van der Waals surface area contributed by atoms with E-state index in [2.05, 4.69) is 30.5 Å². The van der Waals surface area contributed by atoms with Crippen LogP contribution < -0.4 is 5.32 Å². The number of aryl methyl sites for hydroxylation is 1. The lowest BCUT2D eigenvalue weighted by Crippen LogP contribution is -2.32. The number of thioether (sulfide) groups is 1. The lowest BCUT2D eigenvalue weighted by molar-refractivity contribution is 0.433. The smallest absolute Gasteiger partial charge is 0.0489 e. The van der Waals surface area contributed by atoms with Gasteiger partial charge in [0.1, 0.15) is 0 Å². The molecule has 2 atom stereocenters. The summed E-state index contributed by atoms with van der Waals surface area (Å²) in [7, 11) is 0. The van der Waals surface area contributed by atoms with Gasteiger partial charge in [0.25, 0.3) is 0 Å². The fraction of sp³-hybridized carbons (Fsp3) is 0.750. The van der Waals surface area contributed by atoms with Crippen LogP contribution >= 0.6 is 11.8 Å². The standard InChI is InChI=1S/C12H23N3S/c1-11(10-16-3)9-13-12(2)5-8-15-7-4-6-14-15/h4,6-7,11-13H,5,8-10H2,1-3H3. The summed E-state index contributed by atoms with van der Waals surface area (Å²) in [4.78, 5) is 0. The average Bonchev–Trinajstić information content (AvgIpc) is 2.77. The third-order valence-corrected chi connectivity index (χ3v) is 3.52. The van der Waals surface area contributed by atoms with E-state index in [4.69, 9.17) is 0 Å². The Labute approximate surface area is 103 Å². The zero-order valence-corrected chi connectivity index (χ0v) is 11.3. The molecule has 4 heteroatoms. The van der Waals surface area contributed by atoms with E-state index in [-0.39, 0.29) is 0 Å². The summed E-state index contributed by atoms with van der Waals surface area (Å²) in [5.74, 6) is 1.99. The predicted octanol–water partition coefficient (Wildman–Crippen LogP) is 2.25. The molecule has 0 aliphatic heterocycles. The molecule has 0 saturated heterocycles. The van der Waals surface area contributed by atoms with E-state index in [9.17, 15) is 0 Å². The topological polar surface area (TPSA) is 29.9 Å². The Kier molecular flexibility index (Phi) is 6.57. The molecule has 0 aliphatic rings. The maximum Gasteiger partial charge on any atom is 0.0489 e. The van der Waals surface area contributed by atoms with E-state index in [0.717, 1.165) is 25.4 Å². The normalized spacial score (nSPS) is 14.9. The van der Waals surface area contributed by atoms with Gasteiger partial charge in [0.05, 0.1) is 0 Å². The number of rotatable bonds is 8. The fourth-order valence-electron chi connectivity index (χ4n) is 1.61. The lowest BCUT2D eigenvalue weighted by Gasteiger charge is -2.17. The first-order valence-electron chi connectivity index (χ1n) is 5.92. The van der Waals surface area contributed by atoms with Crippen molar-refractivity contribution in [3.8, 4) is 0 Å². The third kappa shape index (κ3) is 5.56. The Morgan fingerprint density at radius 1 is 1.44 bits per heavy atom. The molecule has 0 spiro atoms. The van der Waals surface area contributed by atoms with Gasteiger partial charge in [0.15, 0.2) is 0 Å². The summed E-state index contributed by atoms with van der Waals surface area (Å²) in [6.07, 6.45) is 7.15. The highest BCUT2D eigenvalue weighted by Crippen LogP contribution is 2.04. The number of hydrogen-bond donors (Lipinski definition) is 1. The van der Waals surface area contributed by atoms with Crippen LogP contribution in [0.4, 0.5) is 0 Å². The fourth-order valence-corrected chi connectivity index (χ4v) is 2.29. The molecule has 1 aromatic heterocycles. The summed E-state index contributed by atoms with van der Waals surface area (Å²) in [5.41, 5.74) is 0. The zero-order valence-electron chi connectivity index (χ0n) is 10.5. The van der Waals surface area contributed by atoms with Crippen LogP contribution in [0.15, 0.2) is 18.5 Å². The van der Waals surface area contributed by atoms with E-state index in [1.54, 1.807) is 0 Å². The van der Waals surface area contributed by atoms with E-state index >= 15 is 0 Å². The third-order valence-electron chi connectivity index (χ3n) is 2.62. The first kappa shape index (κ1) is 13.6. The molecule has 3 nitrogen and oxygen atoms in total. The Bertz CT molecular complexity index is 261. The van der Waals surface area contributed by atoms with Crippen LogP contribution in [0.5, 0.6) is 0 Å². The highest BCUT2D eigenvalue weighted by atomic mass is 32.2. The number of nitrogens with one attached hydrogen (secondary N) is 1. The molecule has 1 aromatic rings. The molecule has 0 aliphatic carbocycles. The van der Waals surface area contributed by atoms with Gasteiger partial charge in [-0.15, -0.1) is 0 Å². The minimum atomic E-state index is 0.563. The van der Waals surface area contributed by atoms with Gasteiger partial charge in [0.2, 0.25) is 0 Å². The van der Waals surface area contributed by atoms with E-state index < -0.39 is 0 Å². The van der Waals surface area contributed by atoms with Crippen LogP contribution in [0.25, 0.3) is 0 Å². The maximum absolute atomic E-state index is 4.20. The summed E-state index contributed by atoms with van der Waals surface area (Å²) >= 11 is 1.92. The van der Waals surface area contributed by atoms with Crippen molar-refractivity contribution in [2.24, 2.45) is 5.92 Å². The van der Waals surface area contributed by atoms with Crippen molar-refractivity contribution >= 4 is 11.8 Å². The monoisotopic (exact) mass is 241 g/mol. The number of aromatic nitrogens is 2. The van der Waals surface area contributed by atoms with Crippen molar-refractivity contribution in [2.75, 3.05) is 18.6 Å². The Hall–Kier alpha value is -0.480. The van der Waals surface area contributed by atoms with Gasteiger partial charge in [-0.05, 0) is 43.9 Å². The van der Waals surface area contributed by atoms with Gasteiger partial charge >= 0.3 is 0 Å². The van der Waals surface area contributed by atoms with E-state index in [1.165, 1.54) is 5.75 Å². The lowest BCUT2D eigenvalue weighted by atomic mass is 10.2. The molecule has 2 unspecified atom stereocenters. The molecule has 1 heterocycles. The second-order valence-electron chi connectivity index (χ2n) is 4.43. The number of nitrogens with zero attached hydrogens (tertiary/aromatic N) is 2. The Morgan fingerprint density at radius 2 is 2.25 bits per heavy atom. The minimum Gasteiger partial charge on any atom is -0.314 e. The molecule has 0 aromatic carbocycles. The second-order valence-corrected chi connectivity index (χ2v) is 5.34. The van der Waals surface area contributed by atoms with Gasteiger partial charge in [-0.25, -0.2) is 0 Å². The minimum absolute atomic E-state index is 0.563. The Balaban J connectivity index is 2.09. The van der Waals surface area contributed by atoms with Crippen molar-refractivity contribution in [1.29, 1.82) is 0 Å². The molecule has 1 N–H and O–H groups in total. The van der Waals surface area contributed by atoms with Crippen LogP contribution in [0, 0.1) is 5.92 Å². The molecule has 16 heavy (non-hydrogen) atoms. The van der Waals surface area contributed by atoms with Crippen LogP contribution in [-0.2, 0) is 6.54 Å². The van der Waals surface area contributed by atoms with E-state index in [0.29, 0.717) is 6.04 Å². The first-order chi connectivity index (χ1) is 7.72. The highest BCUT2D eigenvalue weighted by molar-refractivity contribution is 7.98. The first-order valence-corrected chi connectivity index (χ1v) is 7.31. The largest absolute Gasteiger partial charge is 0.314 e. The van der Waals surface area contributed by atoms with Gasteiger partial charge in [-0.2, -0.15) is 16.9 Å². The molecule has 0 saturated carbocycles. The summed E-state index contributed by atoms with van der Waals surface area (Å²) in [6.45, 7) is 6.65. The van der Waals surface area contributed by atoms with Gasteiger partial charge in [0, 0.05) is 25.0 Å². The van der Waals surface area contributed by atoms with Crippen molar-refractivity contribution in [3.05, 3.63) is 18.5 Å². The molecule has 0 bridgehead atoms. The molecular weight excluding hydrogens is 218 g/mol. The molecule has 1 rings (SSSR count). The molecule has 92 valence electrons. The summed E-state index contributed by atoms with van der Waals surface area (Å²) < 4.78 is 1.99. The maximum atomic E-state index is 4.20. The van der Waals surface area contributed by atoms with Crippen molar-refractivity contribution in [1.82, 2.24) is 15.1 Å². The molecule has 0 amide bonds. The highest BCUT2D eigenvalue weighted by Gasteiger charge is 2.05. The Morgan fingerprint density at radius 3 is 2.88 bits per heavy atom. The SMILES string of the molecule is CSCC(C)CNC(C)CCn1cccn1. The van der Waals surface area contributed by atoms with Gasteiger partial charge in [-0.3, -0.25) is 4.68 Å².